The minimum absolute atomic E-state index is 0.144. The summed E-state index contributed by atoms with van der Waals surface area (Å²) in [6, 6.07) is 11.0. The van der Waals surface area contributed by atoms with Gasteiger partial charge in [0.2, 0.25) is 5.91 Å². The summed E-state index contributed by atoms with van der Waals surface area (Å²) in [5, 5.41) is 12.4. The van der Waals surface area contributed by atoms with Gasteiger partial charge in [-0.25, -0.2) is 0 Å². The van der Waals surface area contributed by atoms with Gasteiger partial charge in [-0.3, -0.25) is 4.79 Å². The van der Waals surface area contributed by atoms with Crippen LogP contribution < -0.4 is 10.1 Å². The lowest BCUT2D eigenvalue weighted by atomic mass is 10.1. The van der Waals surface area contributed by atoms with Gasteiger partial charge in [-0.2, -0.15) is 0 Å². The molecule has 0 atom stereocenters. The van der Waals surface area contributed by atoms with Crippen molar-refractivity contribution >= 4 is 46.6 Å². The molecule has 1 N–H and O–H groups in total. The van der Waals surface area contributed by atoms with Crippen LogP contribution in [0.1, 0.15) is 17.0 Å². The summed E-state index contributed by atoms with van der Waals surface area (Å²) in [6.07, 6.45) is 0. The largest absolute Gasteiger partial charge is 0.485 e. The van der Waals surface area contributed by atoms with Gasteiger partial charge in [-0.1, -0.05) is 53.2 Å². The molecule has 1 heterocycles. The molecule has 0 aliphatic rings. The first kappa shape index (κ1) is 21.5. The van der Waals surface area contributed by atoms with Crippen LogP contribution in [-0.4, -0.2) is 26.4 Å². The third kappa shape index (κ3) is 5.23. The van der Waals surface area contributed by atoms with Crippen molar-refractivity contribution in [3.8, 4) is 5.75 Å². The van der Waals surface area contributed by atoms with Crippen LogP contribution in [0.4, 0.5) is 5.69 Å². The Balaban J connectivity index is 1.58. The van der Waals surface area contributed by atoms with Crippen LogP contribution in [0.3, 0.4) is 0 Å². The highest BCUT2D eigenvalue weighted by atomic mass is 35.5. The van der Waals surface area contributed by atoms with Gasteiger partial charge in [0.05, 0.1) is 21.5 Å². The van der Waals surface area contributed by atoms with Crippen LogP contribution >= 0.6 is 35.0 Å². The number of nitrogens with one attached hydrogen (secondary N) is 1. The highest BCUT2D eigenvalue weighted by molar-refractivity contribution is 7.99. The Bertz CT molecular complexity index is 1020. The Kier molecular flexibility index (Phi) is 7.05. The molecule has 2 aromatic carbocycles. The summed E-state index contributed by atoms with van der Waals surface area (Å²) in [4.78, 5) is 12.3. The van der Waals surface area contributed by atoms with Crippen LogP contribution in [0.2, 0.25) is 10.0 Å². The standard InChI is InChI=1S/C20H20Cl2N4O2S/c1-12-6-4-9-16(13(12)2)28-10-17-24-25-20(26(17)3)29-11-18(27)23-19-14(21)7-5-8-15(19)22/h4-9H,10-11H2,1-3H3,(H,23,27). The number of hydrogen-bond acceptors (Lipinski definition) is 5. The van der Waals surface area contributed by atoms with E-state index in [0.717, 1.165) is 11.3 Å². The molecular weight excluding hydrogens is 431 g/mol. The maximum atomic E-state index is 12.3. The summed E-state index contributed by atoms with van der Waals surface area (Å²) in [7, 11) is 1.84. The van der Waals surface area contributed by atoms with Crippen molar-refractivity contribution in [1.29, 1.82) is 0 Å². The Labute approximate surface area is 183 Å². The molecule has 3 aromatic rings. The van der Waals surface area contributed by atoms with Gasteiger partial charge < -0.3 is 14.6 Å². The van der Waals surface area contributed by atoms with E-state index in [2.05, 4.69) is 15.5 Å². The molecule has 0 aliphatic heterocycles. The van der Waals surface area contributed by atoms with E-state index in [1.807, 2.05) is 43.7 Å². The van der Waals surface area contributed by atoms with Gasteiger partial charge in [0.15, 0.2) is 11.0 Å². The first-order valence-corrected chi connectivity index (χ1v) is 10.5. The lowest BCUT2D eigenvalue weighted by Crippen LogP contribution is -2.15. The zero-order chi connectivity index (χ0) is 21.0. The number of carbonyl (C=O) groups excluding carboxylic acids is 1. The molecule has 0 saturated heterocycles. The van der Waals surface area contributed by atoms with Gasteiger partial charge >= 0.3 is 0 Å². The van der Waals surface area contributed by atoms with E-state index in [-0.39, 0.29) is 18.3 Å². The second kappa shape index (κ2) is 9.52. The van der Waals surface area contributed by atoms with Crippen LogP contribution in [0.15, 0.2) is 41.6 Å². The second-order valence-corrected chi connectivity index (χ2v) is 8.13. The summed E-state index contributed by atoms with van der Waals surface area (Å²) in [5.74, 6) is 1.40. The minimum Gasteiger partial charge on any atom is -0.485 e. The molecule has 152 valence electrons. The molecule has 0 bridgehead atoms. The molecular formula is C20H20Cl2N4O2S. The predicted molar refractivity (Wildman–Crippen MR) is 117 cm³/mol. The van der Waals surface area contributed by atoms with Crippen molar-refractivity contribution in [3.05, 3.63) is 63.4 Å². The first-order valence-electron chi connectivity index (χ1n) is 8.80. The maximum Gasteiger partial charge on any atom is 0.234 e. The molecule has 3 rings (SSSR count). The first-order chi connectivity index (χ1) is 13.9. The average molecular weight is 451 g/mol. The van der Waals surface area contributed by atoms with Crippen LogP contribution in [-0.2, 0) is 18.4 Å². The summed E-state index contributed by atoms with van der Waals surface area (Å²) in [6.45, 7) is 4.35. The number of aromatic nitrogens is 3. The van der Waals surface area contributed by atoms with Gasteiger partial charge in [-0.05, 0) is 43.2 Å². The molecule has 9 heteroatoms. The van der Waals surface area contributed by atoms with Crippen molar-refractivity contribution in [2.24, 2.45) is 7.05 Å². The van der Waals surface area contributed by atoms with E-state index < -0.39 is 0 Å². The number of hydrogen-bond donors (Lipinski definition) is 1. The normalized spacial score (nSPS) is 10.8. The van der Waals surface area contributed by atoms with Crippen LogP contribution in [0.5, 0.6) is 5.75 Å². The van der Waals surface area contributed by atoms with Crippen molar-refractivity contribution in [2.75, 3.05) is 11.1 Å². The maximum absolute atomic E-state index is 12.3. The lowest BCUT2D eigenvalue weighted by molar-refractivity contribution is -0.113. The quantitative estimate of drug-likeness (QED) is 0.510. The molecule has 0 saturated carbocycles. The van der Waals surface area contributed by atoms with E-state index in [1.165, 1.54) is 17.3 Å². The van der Waals surface area contributed by atoms with Crippen LogP contribution in [0.25, 0.3) is 0 Å². The molecule has 0 spiro atoms. The van der Waals surface area contributed by atoms with Crippen molar-refractivity contribution in [2.45, 2.75) is 25.6 Å². The highest BCUT2D eigenvalue weighted by Crippen LogP contribution is 2.30. The fourth-order valence-electron chi connectivity index (χ4n) is 2.54. The fraction of sp³-hybridized carbons (Fsp3) is 0.250. The summed E-state index contributed by atoms with van der Waals surface area (Å²) >= 11 is 13.4. The smallest absolute Gasteiger partial charge is 0.234 e. The number of carbonyl (C=O) groups is 1. The van der Waals surface area contributed by atoms with Gasteiger partial charge in [-0.15, -0.1) is 10.2 Å². The number of rotatable bonds is 7. The Hall–Kier alpha value is -2.22. The molecule has 1 amide bonds. The zero-order valence-corrected chi connectivity index (χ0v) is 18.5. The minimum atomic E-state index is -0.235. The van der Waals surface area contributed by atoms with E-state index in [9.17, 15) is 4.79 Å². The topological polar surface area (TPSA) is 69.0 Å². The number of para-hydroxylation sites is 1. The van der Waals surface area contributed by atoms with Gasteiger partial charge in [0.25, 0.3) is 0 Å². The van der Waals surface area contributed by atoms with Crippen molar-refractivity contribution < 1.29 is 9.53 Å². The Morgan fingerprint density at radius 3 is 2.55 bits per heavy atom. The molecule has 0 fully saturated rings. The molecule has 0 unspecified atom stereocenters. The highest BCUT2D eigenvalue weighted by Gasteiger charge is 2.14. The number of halogens is 2. The molecule has 6 nitrogen and oxygen atoms in total. The van der Waals surface area contributed by atoms with E-state index in [4.69, 9.17) is 27.9 Å². The van der Waals surface area contributed by atoms with Gasteiger partial charge in [0, 0.05) is 7.05 Å². The molecule has 1 aromatic heterocycles. The Morgan fingerprint density at radius 2 is 1.83 bits per heavy atom. The lowest BCUT2D eigenvalue weighted by Gasteiger charge is -2.11. The van der Waals surface area contributed by atoms with E-state index >= 15 is 0 Å². The average Bonchev–Trinajstić information content (AvgIpc) is 3.04. The SMILES string of the molecule is Cc1cccc(OCc2nnc(SCC(=O)Nc3c(Cl)cccc3Cl)n2C)c1C. The zero-order valence-electron chi connectivity index (χ0n) is 16.2. The number of nitrogens with zero attached hydrogens (tertiary/aromatic N) is 3. The van der Waals surface area contributed by atoms with Crippen molar-refractivity contribution in [3.63, 3.8) is 0 Å². The number of amides is 1. The van der Waals surface area contributed by atoms with Crippen molar-refractivity contribution in [1.82, 2.24) is 14.8 Å². The number of ether oxygens (including phenoxy) is 1. The molecule has 29 heavy (non-hydrogen) atoms. The summed E-state index contributed by atoms with van der Waals surface area (Å²) < 4.78 is 7.70. The number of anilines is 1. The Morgan fingerprint density at radius 1 is 1.14 bits per heavy atom. The third-order valence-electron chi connectivity index (χ3n) is 4.40. The fourth-order valence-corrected chi connectivity index (χ4v) is 3.76. The summed E-state index contributed by atoms with van der Waals surface area (Å²) in [5.41, 5.74) is 2.67. The third-order valence-corrected chi connectivity index (χ3v) is 6.05. The number of benzene rings is 2. The second-order valence-electron chi connectivity index (χ2n) is 6.38. The van der Waals surface area contributed by atoms with E-state index in [1.54, 1.807) is 18.2 Å². The molecule has 0 aliphatic carbocycles. The number of aryl methyl sites for hydroxylation is 1. The van der Waals surface area contributed by atoms with Gasteiger partial charge in [0.1, 0.15) is 12.4 Å². The van der Waals surface area contributed by atoms with Crippen LogP contribution in [0, 0.1) is 13.8 Å². The monoisotopic (exact) mass is 450 g/mol. The predicted octanol–water partition coefficient (Wildman–Crippen LogP) is 5.05. The molecule has 0 radical (unpaired) electrons. The number of thioether (sulfide) groups is 1. The van der Waals surface area contributed by atoms with E-state index in [0.29, 0.717) is 26.7 Å².